The predicted octanol–water partition coefficient (Wildman–Crippen LogP) is 0.0497. The summed E-state index contributed by atoms with van der Waals surface area (Å²) in [7, 11) is 0. The summed E-state index contributed by atoms with van der Waals surface area (Å²) in [4.78, 5) is 10.4. The number of nitrogens with two attached hydrogens (primary N) is 1. The van der Waals surface area contributed by atoms with Crippen LogP contribution < -0.4 is 5.73 Å². The summed E-state index contributed by atoms with van der Waals surface area (Å²) in [6.45, 7) is 0. The first-order chi connectivity index (χ1) is 6.50. The van der Waals surface area contributed by atoms with Crippen molar-refractivity contribution >= 4 is 5.97 Å². The molecule has 5 nitrogen and oxygen atoms in total. The minimum atomic E-state index is -1.10. The second-order valence-electron chi connectivity index (χ2n) is 2.97. The van der Waals surface area contributed by atoms with Gasteiger partial charge in [-0.2, -0.15) is 0 Å². The quantitative estimate of drug-likeness (QED) is 0.566. The van der Waals surface area contributed by atoms with Crippen LogP contribution in [0.5, 0.6) is 11.5 Å². The Kier molecular flexibility index (Phi) is 5.21. The number of aromatic hydroxyl groups is 2. The van der Waals surface area contributed by atoms with Gasteiger partial charge in [0.05, 0.1) is 0 Å². The molecule has 0 aromatic heterocycles. The number of benzene rings is 1. The van der Waals surface area contributed by atoms with Gasteiger partial charge in [-0.05, 0) is 24.1 Å². The van der Waals surface area contributed by atoms with Crippen molar-refractivity contribution in [1.29, 1.82) is 0 Å². The molecule has 1 aromatic rings. The fourth-order valence-electron chi connectivity index (χ4n) is 1.04. The fourth-order valence-corrected chi connectivity index (χ4v) is 1.04. The second kappa shape index (κ2) is 5.65. The Morgan fingerprint density at radius 3 is 2.40 bits per heavy atom. The molecule has 0 unspecified atom stereocenters. The van der Waals surface area contributed by atoms with E-state index in [1.807, 2.05) is 0 Å². The van der Waals surface area contributed by atoms with Crippen LogP contribution in [-0.4, -0.2) is 27.3 Å². The largest absolute Gasteiger partial charge is 0.504 e. The standard InChI is InChI=1S/C9H11NO4.V/c10-6(9(13)14)3-5-1-2-7(11)8(12)4-5;/h1-2,4,6,11-12H,3,10H2,(H,13,14);/t6-;/m0./s1. The van der Waals surface area contributed by atoms with Crippen LogP contribution in [0.3, 0.4) is 0 Å². The number of carboxylic acid groups (broad SMARTS) is 1. The number of aliphatic carboxylic acids is 1. The molecule has 0 saturated heterocycles. The zero-order valence-electron chi connectivity index (χ0n) is 7.79. The zero-order valence-corrected chi connectivity index (χ0v) is 9.19. The van der Waals surface area contributed by atoms with Crippen molar-refractivity contribution in [3.63, 3.8) is 0 Å². The Balaban J connectivity index is 0.00000196. The van der Waals surface area contributed by atoms with E-state index in [-0.39, 0.29) is 36.5 Å². The first-order valence-corrected chi connectivity index (χ1v) is 4.00. The SMILES string of the molecule is N[C@@H](Cc1ccc(O)c(O)c1)C(=O)O.[V]. The third-order valence-electron chi connectivity index (χ3n) is 1.81. The molecule has 0 aliphatic rings. The molecule has 81 valence electrons. The predicted molar refractivity (Wildman–Crippen MR) is 49.1 cm³/mol. The molecular formula is C9H11NO4V. The molecule has 5 N–H and O–H groups in total. The maximum atomic E-state index is 10.4. The number of rotatable bonds is 3. The fraction of sp³-hybridized carbons (Fsp3) is 0.222. The second-order valence-corrected chi connectivity index (χ2v) is 2.97. The van der Waals surface area contributed by atoms with Gasteiger partial charge in [-0.25, -0.2) is 0 Å². The van der Waals surface area contributed by atoms with Gasteiger partial charge in [0.2, 0.25) is 0 Å². The van der Waals surface area contributed by atoms with E-state index >= 15 is 0 Å². The number of carboxylic acids is 1. The van der Waals surface area contributed by atoms with E-state index in [1.165, 1.54) is 18.2 Å². The third-order valence-corrected chi connectivity index (χ3v) is 1.81. The topological polar surface area (TPSA) is 104 Å². The molecule has 6 heteroatoms. The van der Waals surface area contributed by atoms with Crippen LogP contribution in [0.15, 0.2) is 18.2 Å². The number of phenolic OH excluding ortho intramolecular Hbond substituents is 2. The number of hydrogen-bond acceptors (Lipinski definition) is 4. The summed E-state index contributed by atoms with van der Waals surface area (Å²) < 4.78 is 0. The first kappa shape index (κ1) is 13.8. The van der Waals surface area contributed by atoms with Gasteiger partial charge in [0.15, 0.2) is 11.5 Å². The summed E-state index contributed by atoms with van der Waals surface area (Å²) >= 11 is 0. The van der Waals surface area contributed by atoms with E-state index < -0.39 is 12.0 Å². The molecule has 0 aliphatic carbocycles. The van der Waals surface area contributed by atoms with Crippen molar-refractivity contribution in [3.05, 3.63) is 23.8 Å². The maximum Gasteiger partial charge on any atom is 0.320 e. The number of carbonyl (C=O) groups is 1. The average molecular weight is 248 g/mol. The molecule has 0 amide bonds. The van der Waals surface area contributed by atoms with Crippen LogP contribution in [0.4, 0.5) is 0 Å². The van der Waals surface area contributed by atoms with Crippen LogP contribution in [0.1, 0.15) is 5.56 Å². The van der Waals surface area contributed by atoms with E-state index in [0.717, 1.165) is 0 Å². The van der Waals surface area contributed by atoms with Crippen molar-refractivity contribution in [2.45, 2.75) is 12.5 Å². The van der Waals surface area contributed by atoms with Gasteiger partial charge in [0.1, 0.15) is 6.04 Å². The molecule has 1 aromatic carbocycles. The molecule has 15 heavy (non-hydrogen) atoms. The molecule has 1 radical (unpaired) electrons. The maximum absolute atomic E-state index is 10.4. The first-order valence-electron chi connectivity index (χ1n) is 4.00. The van der Waals surface area contributed by atoms with Crippen LogP contribution in [0.2, 0.25) is 0 Å². The Hall–Kier alpha value is -1.17. The van der Waals surface area contributed by atoms with E-state index in [9.17, 15) is 4.79 Å². The Morgan fingerprint density at radius 2 is 1.93 bits per heavy atom. The van der Waals surface area contributed by atoms with Gasteiger partial charge in [-0.15, -0.1) is 0 Å². The Labute approximate surface area is 98.4 Å². The Bertz CT molecular complexity index is 356. The zero-order chi connectivity index (χ0) is 10.7. The van der Waals surface area contributed by atoms with Crippen LogP contribution >= 0.6 is 0 Å². The van der Waals surface area contributed by atoms with Gasteiger partial charge in [0, 0.05) is 18.6 Å². The Morgan fingerprint density at radius 1 is 1.33 bits per heavy atom. The number of phenols is 2. The van der Waals surface area contributed by atoms with Crippen LogP contribution in [-0.2, 0) is 29.8 Å². The molecule has 1 rings (SSSR count). The van der Waals surface area contributed by atoms with Crippen molar-refractivity contribution in [2.75, 3.05) is 0 Å². The summed E-state index contributed by atoms with van der Waals surface area (Å²) in [5, 5.41) is 26.6. The van der Waals surface area contributed by atoms with Crippen LogP contribution in [0, 0.1) is 0 Å². The molecule has 0 aliphatic heterocycles. The molecule has 0 fully saturated rings. The minimum Gasteiger partial charge on any atom is -0.504 e. The summed E-state index contributed by atoms with van der Waals surface area (Å²) in [6.07, 6.45) is 0.114. The van der Waals surface area contributed by atoms with E-state index in [1.54, 1.807) is 0 Å². The molecule has 1 atom stereocenters. The molecule has 0 bridgehead atoms. The monoisotopic (exact) mass is 248 g/mol. The minimum absolute atomic E-state index is 0. The van der Waals surface area contributed by atoms with Gasteiger partial charge in [-0.3, -0.25) is 4.79 Å². The van der Waals surface area contributed by atoms with E-state index in [4.69, 9.17) is 21.1 Å². The van der Waals surface area contributed by atoms with Crippen molar-refractivity contribution < 1.29 is 38.7 Å². The molecule has 0 heterocycles. The smallest absolute Gasteiger partial charge is 0.320 e. The van der Waals surface area contributed by atoms with Gasteiger partial charge < -0.3 is 21.1 Å². The number of hydrogen-bond donors (Lipinski definition) is 4. The summed E-state index contributed by atoms with van der Waals surface area (Å²) in [5.41, 5.74) is 5.86. The van der Waals surface area contributed by atoms with E-state index in [0.29, 0.717) is 5.56 Å². The summed E-state index contributed by atoms with van der Waals surface area (Å²) in [6, 6.07) is 3.09. The van der Waals surface area contributed by atoms with Gasteiger partial charge >= 0.3 is 5.97 Å². The normalized spacial score (nSPS) is 11.5. The van der Waals surface area contributed by atoms with Gasteiger partial charge in [-0.1, -0.05) is 6.07 Å². The van der Waals surface area contributed by atoms with E-state index in [2.05, 4.69) is 0 Å². The third kappa shape index (κ3) is 3.83. The molecular weight excluding hydrogens is 237 g/mol. The van der Waals surface area contributed by atoms with Crippen LogP contribution in [0.25, 0.3) is 0 Å². The molecule has 0 saturated carbocycles. The summed E-state index contributed by atoms with van der Waals surface area (Å²) in [5.74, 6) is -1.62. The van der Waals surface area contributed by atoms with Gasteiger partial charge in [0.25, 0.3) is 0 Å². The van der Waals surface area contributed by atoms with Crippen molar-refractivity contribution in [1.82, 2.24) is 0 Å². The average Bonchev–Trinajstić information content (AvgIpc) is 2.11. The molecule has 0 spiro atoms. The van der Waals surface area contributed by atoms with Crippen molar-refractivity contribution in [3.8, 4) is 11.5 Å². The van der Waals surface area contributed by atoms with Crippen molar-refractivity contribution in [2.24, 2.45) is 5.73 Å².